The maximum absolute atomic E-state index is 10.9. The molecule has 0 spiro atoms. The van der Waals surface area contributed by atoms with Crippen LogP contribution in [0.4, 0.5) is 0 Å². The quantitative estimate of drug-likeness (QED) is 0.411. The number of hydrogen-bond donors (Lipinski definition) is 0. The Balaban J connectivity index is 2.31. The molecular formula is C5H9NO2S. The molecule has 9 heavy (non-hydrogen) atoms. The highest BCUT2D eigenvalue weighted by Crippen LogP contribution is 2.14. The van der Waals surface area contributed by atoms with Crippen LogP contribution in [0.2, 0.25) is 0 Å². The summed E-state index contributed by atoms with van der Waals surface area (Å²) in [5.74, 6) is 0.0718. The van der Waals surface area contributed by atoms with Crippen molar-refractivity contribution in [2.24, 2.45) is 0 Å². The number of ether oxygens (including phenoxy) is 1. The number of carbonyl (C=O) groups excluding carboxylic acids is 1. The first-order valence-corrected chi connectivity index (χ1v) is 3.87. The third kappa shape index (κ3) is 1.59. The summed E-state index contributed by atoms with van der Waals surface area (Å²) in [5.41, 5.74) is 0. The van der Waals surface area contributed by atoms with E-state index in [1.165, 1.54) is 11.9 Å². The lowest BCUT2D eigenvalue weighted by atomic mass is 10.5. The molecule has 52 valence electrons. The Morgan fingerprint density at radius 3 is 2.78 bits per heavy atom. The van der Waals surface area contributed by atoms with Crippen molar-refractivity contribution in [1.82, 2.24) is 4.31 Å². The van der Waals surface area contributed by atoms with E-state index in [2.05, 4.69) is 0 Å². The normalized spacial score (nSPS) is 23.6. The van der Waals surface area contributed by atoms with Gasteiger partial charge in [-0.1, -0.05) is 11.9 Å². The molecule has 0 aromatic heterocycles. The van der Waals surface area contributed by atoms with Crippen molar-refractivity contribution < 1.29 is 9.53 Å². The smallest absolute Gasteiger partial charge is 0.263 e. The van der Waals surface area contributed by atoms with Crippen LogP contribution in [0.25, 0.3) is 0 Å². The molecule has 0 aromatic rings. The Bertz CT molecular complexity index is 124. The molecule has 1 rings (SSSR count). The fourth-order valence-corrected chi connectivity index (χ4v) is 0.781. The van der Waals surface area contributed by atoms with E-state index in [1.54, 1.807) is 11.4 Å². The van der Waals surface area contributed by atoms with E-state index in [1.807, 2.05) is 6.26 Å². The third-order valence-corrected chi connectivity index (χ3v) is 1.92. The van der Waals surface area contributed by atoms with Gasteiger partial charge in [-0.3, -0.25) is 9.10 Å². The average Bonchev–Trinajstić information content (AvgIpc) is 2.66. The van der Waals surface area contributed by atoms with Gasteiger partial charge < -0.3 is 4.74 Å². The molecule has 1 amide bonds. The lowest BCUT2D eigenvalue weighted by molar-refractivity contribution is -0.126. The van der Waals surface area contributed by atoms with E-state index in [-0.39, 0.29) is 12.0 Å². The maximum atomic E-state index is 10.9. The summed E-state index contributed by atoms with van der Waals surface area (Å²) < 4.78 is 6.37. The van der Waals surface area contributed by atoms with E-state index in [0.717, 1.165) is 0 Å². The first-order valence-electron chi connectivity index (χ1n) is 2.69. The molecule has 1 saturated heterocycles. The summed E-state index contributed by atoms with van der Waals surface area (Å²) in [4.78, 5) is 10.9. The Morgan fingerprint density at radius 1 is 1.89 bits per heavy atom. The Labute approximate surface area is 58.5 Å². The van der Waals surface area contributed by atoms with Crippen molar-refractivity contribution >= 4 is 17.9 Å². The predicted molar refractivity (Wildman–Crippen MR) is 36.0 cm³/mol. The molecule has 0 aliphatic carbocycles. The number of carbonyl (C=O) groups is 1. The van der Waals surface area contributed by atoms with Crippen LogP contribution in [0.5, 0.6) is 0 Å². The summed E-state index contributed by atoms with van der Waals surface area (Å²) in [6, 6.07) is 0. The van der Waals surface area contributed by atoms with Crippen LogP contribution < -0.4 is 0 Å². The van der Waals surface area contributed by atoms with Crippen LogP contribution in [0.1, 0.15) is 0 Å². The van der Waals surface area contributed by atoms with Crippen LogP contribution in [0.3, 0.4) is 0 Å². The van der Waals surface area contributed by atoms with Gasteiger partial charge >= 0.3 is 0 Å². The molecule has 0 bridgehead atoms. The summed E-state index contributed by atoms with van der Waals surface area (Å²) in [7, 11) is 1.74. The van der Waals surface area contributed by atoms with Crippen molar-refractivity contribution in [3.05, 3.63) is 0 Å². The zero-order chi connectivity index (χ0) is 6.85. The second kappa shape index (κ2) is 2.58. The lowest BCUT2D eigenvalue weighted by Crippen LogP contribution is -2.23. The predicted octanol–water partition coefficient (Wildman–Crippen LogP) is 0.122. The van der Waals surface area contributed by atoms with Crippen molar-refractivity contribution in [3.63, 3.8) is 0 Å². The van der Waals surface area contributed by atoms with Gasteiger partial charge in [-0.2, -0.15) is 0 Å². The van der Waals surface area contributed by atoms with Crippen LogP contribution in [-0.2, 0) is 9.53 Å². The summed E-state index contributed by atoms with van der Waals surface area (Å²) in [6.45, 7) is 0.601. The van der Waals surface area contributed by atoms with Crippen molar-refractivity contribution in [1.29, 1.82) is 0 Å². The van der Waals surface area contributed by atoms with E-state index in [4.69, 9.17) is 4.74 Å². The monoisotopic (exact) mass is 147 g/mol. The number of epoxide rings is 1. The Kier molecular flexibility index (Phi) is 1.97. The topological polar surface area (TPSA) is 32.8 Å². The van der Waals surface area contributed by atoms with Gasteiger partial charge in [0.2, 0.25) is 0 Å². The van der Waals surface area contributed by atoms with Crippen LogP contribution >= 0.6 is 11.9 Å². The molecule has 1 heterocycles. The Hall–Kier alpha value is -0.220. The highest BCUT2D eigenvalue weighted by atomic mass is 32.2. The molecular weight excluding hydrogens is 138 g/mol. The number of amides is 1. The fraction of sp³-hybridized carbons (Fsp3) is 0.800. The van der Waals surface area contributed by atoms with Gasteiger partial charge in [0.25, 0.3) is 5.91 Å². The minimum atomic E-state index is -0.137. The number of hydrogen-bond acceptors (Lipinski definition) is 3. The van der Waals surface area contributed by atoms with Crippen molar-refractivity contribution in [2.75, 3.05) is 19.9 Å². The molecule has 0 radical (unpaired) electrons. The SMILES string of the molecule is CSN(C)C(=O)C1CO1. The van der Waals surface area contributed by atoms with E-state index in [9.17, 15) is 4.79 Å². The van der Waals surface area contributed by atoms with Gasteiger partial charge in [-0.25, -0.2) is 0 Å². The molecule has 0 saturated carbocycles. The van der Waals surface area contributed by atoms with Crippen LogP contribution in [0.15, 0.2) is 0 Å². The molecule has 0 N–H and O–H groups in total. The molecule has 0 aromatic carbocycles. The summed E-state index contributed by atoms with van der Waals surface area (Å²) in [6.07, 6.45) is 1.72. The number of nitrogens with zero attached hydrogens (tertiary/aromatic N) is 1. The highest BCUT2D eigenvalue weighted by Gasteiger charge is 2.33. The van der Waals surface area contributed by atoms with Crippen LogP contribution in [0, 0.1) is 0 Å². The molecule has 1 atom stereocenters. The molecule has 3 nitrogen and oxygen atoms in total. The highest BCUT2D eigenvalue weighted by molar-refractivity contribution is 7.96. The van der Waals surface area contributed by atoms with Gasteiger partial charge in [0.1, 0.15) is 0 Å². The minimum absolute atomic E-state index is 0.0718. The molecule has 1 unspecified atom stereocenters. The second-order valence-electron chi connectivity index (χ2n) is 1.84. The zero-order valence-electron chi connectivity index (χ0n) is 5.46. The first kappa shape index (κ1) is 6.89. The van der Waals surface area contributed by atoms with E-state index >= 15 is 0 Å². The summed E-state index contributed by atoms with van der Waals surface area (Å²) >= 11 is 1.40. The van der Waals surface area contributed by atoms with Gasteiger partial charge in [0, 0.05) is 13.3 Å². The molecule has 1 aliphatic heterocycles. The third-order valence-electron chi connectivity index (χ3n) is 1.19. The van der Waals surface area contributed by atoms with Gasteiger partial charge in [-0.15, -0.1) is 0 Å². The molecule has 1 aliphatic rings. The van der Waals surface area contributed by atoms with Crippen molar-refractivity contribution in [2.45, 2.75) is 6.10 Å². The van der Waals surface area contributed by atoms with E-state index < -0.39 is 0 Å². The average molecular weight is 147 g/mol. The van der Waals surface area contributed by atoms with Gasteiger partial charge in [0.05, 0.1) is 6.61 Å². The standard InChI is InChI=1S/C5H9NO2S/c1-6(9-2)5(7)4-3-8-4/h4H,3H2,1-2H3. The lowest BCUT2D eigenvalue weighted by Gasteiger charge is -2.09. The Morgan fingerprint density at radius 2 is 2.44 bits per heavy atom. The van der Waals surface area contributed by atoms with Gasteiger partial charge in [0.15, 0.2) is 6.10 Å². The number of likely N-dealkylation sites (N-methyl/N-ethyl adjacent to an activating group) is 1. The van der Waals surface area contributed by atoms with Crippen LogP contribution in [-0.4, -0.2) is 36.2 Å². The van der Waals surface area contributed by atoms with E-state index in [0.29, 0.717) is 6.61 Å². The minimum Gasteiger partial charge on any atom is -0.363 e. The van der Waals surface area contributed by atoms with Crippen molar-refractivity contribution in [3.8, 4) is 0 Å². The maximum Gasteiger partial charge on any atom is 0.263 e. The molecule has 1 fully saturated rings. The molecule has 4 heteroatoms. The number of rotatable bonds is 2. The zero-order valence-corrected chi connectivity index (χ0v) is 6.27. The second-order valence-corrected chi connectivity index (χ2v) is 2.75. The fourth-order valence-electron chi connectivity index (χ4n) is 0.483. The largest absolute Gasteiger partial charge is 0.363 e. The van der Waals surface area contributed by atoms with Gasteiger partial charge in [-0.05, 0) is 0 Å². The first-order chi connectivity index (χ1) is 4.25. The summed E-state index contributed by atoms with van der Waals surface area (Å²) in [5, 5.41) is 0.